The van der Waals surface area contributed by atoms with Crippen molar-refractivity contribution < 1.29 is 27.4 Å². The Morgan fingerprint density at radius 3 is 2.28 bits per heavy atom. The molecular weight excluding hydrogens is 423 g/mol. The topological polar surface area (TPSA) is 56.6 Å². The highest BCUT2D eigenvalue weighted by atomic mass is 19.4. The van der Waals surface area contributed by atoms with Gasteiger partial charge in [0.1, 0.15) is 11.5 Å². The number of para-hydroxylation sites is 2. The zero-order chi connectivity index (χ0) is 22.9. The van der Waals surface area contributed by atoms with Crippen LogP contribution in [0.5, 0.6) is 11.5 Å². The van der Waals surface area contributed by atoms with Crippen LogP contribution in [0.1, 0.15) is 29.0 Å². The lowest BCUT2D eigenvalue weighted by atomic mass is 9.96. The Hall–Kier alpha value is -3.23. The zero-order valence-electron chi connectivity index (χ0n) is 17.9. The number of carbonyl (C=O) groups is 1. The van der Waals surface area contributed by atoms with Crippen molar-refractivity contribution in [3.8, 4) is 11.5 Å². The van der Waals surface area contributed by atoms with Gasteiger partial charge in [0.25, 0.3) is 5.91 Å². The summed E-state index contributed by atoms with van der Waals surface area (Å²) >= 11 is 0. The second kappa shape index (κ2) is 8.72. The van der Waals surface area contributed by atoms with Gasteiger partial charge in [-0.2, -0.15) is 13.2 Å². The van der Waals surface area contributed by atoms with Crippen molar-refractivity contribution in [1.29, 1.82) is 0 Å². The number of fused-ring (bicyclic) bond motifs is 1. The van der Waals surface area contributed by atoms with E-state index >= 15 is 0 Å². The molecule has 0 spiro atoms. The van der Waals surface area contributed by atoms with Crippen LogP contribution in [0, 0.1) is 5.92 Å². The minimum Gasteiger partial charge on any atom is -0.497 e. The Morgan fingerprint density at radius 2 is 1.69 bits per heavy atom. The molecule has 1 aromatic heterocycles. The van der Waals surface area contributed by atoms with Gasteiger partial charge in [0.2, 0.25) is 5.82 Å². The highest BCUT2D eigenvalue weighted by Gasteiger charge is 2.38. The number of alkyl halides is 3. The molecule has 9 heteroatoms. The van der Waals surface area contributed by atoms with Gasteiger partial charge in [0, 0.05) is 31.3 Å². The second-order valence-corrected chi connectivity index (χ2v) is 7.87. The van der Waals surface area contributed by atoms with Crippen LogP contribution in [0.2, 0.25) is 0 Å². The number of hydrogen-bond donors (Lipinski definition) is 0. The number of piperidine rings is 1. The summed E-state index contributed by atoms with van der Waals surface area (Å²) in [5, 5.41) is 0. The minimum absolute atomic E-state index is 0.0117. The predicted molar refractivity (Wildman–Crippen MR) is 113 cm³/mol. The van der Waals surface area contributed by atoms with Crippen LogP contribution >= 0.6 is 0 Å². The molecule has 1 aliphatic heterocycles. The molecule has 0 bridgehead atoms. The summed E-state index contributed by atoms with van der Waals surface area (Å²) < 4.78 is 52.4. The molecule has 0 N–H and O–H groups in total. The maximum absolute atomic E-state index is 13.6. The predicted octanol–water partition coefficient (Wildman–Crippen LogP) is 4.62. The van der Waals surface area contributed by atoms with Crippen LogP contribution in [0.25, 0.3) is 11.0 Å². The first-order valence-corrected chi connectivity index (χ1v) is 10.3. The molecule has 170 valence electrons. The molecule has 0 unspecified atom stereocenters. The van der Waals surface area contributed by atoms with E-state index in [1.165, 1.54) is 18.8 Å². The third-order valence-corrected chi connectivity index (χ3v) is 5.85. The first kappa shape index (κ1) is 22.0. The number of methoxy groups -OCH3 is 2. The molecular formula is C23H24F3N3O3. The third kappa shape index (κ3) is 4.37. The quantitative estimate of drug-likeness (QED) is 0.573. The van der Waals surface area contributed by atoms with Gasteiger partial charge in [0.05, 0.1) is 25.3 Å². The van der Waals surface area contributed by atoms with Gasteiger partial charge >= 0.3 is 6.18 Å². The maximum atomic E-state index is 13.6. The van der Waals surface area contributed by atoms with Crippen molar-refractivity contribution in [3.63, 3.8) is 0 Å². The van der Waals surface area contributed by atoms with Crippen LogP contribution in [-0.2, 0) is 12.7 Å². The van der Waals surface area contributed by atoms with Crippen molar-refractivity contribution in [3.05, 3.63) is 53.9 Å². The number of hydrogen-bond acceptors (Lipinski definition) is 4. The van der Waals surface area contributed by atoms with E-state index in [9.17, 15) is 18.0 Å². The third-order valence-electron chi connectivity index (χ3n) is 5.85. The summed E-state index contributed by atoms with van der Waals surface area (Å²) in [5.41, 5.74) is 1.26. The molecule has 1 fully saturated rings. The van der Waals surface area contributed by atoms with Crippen LogP contribution < -0.4 is 9.47 Å². The average Bonchev–Trinajstić information content (AvgIpc) is 3.17. The van der Waals surface area contributed by atoms with Crippen molar-refractivity contribution in [2.24, 2.45) is 5.92 Å². The fraction of sp³-hybridized carbons (Fsp3) is 0.391. The number of carbonyl (C=O) groups excluding carboxylic acids is 1. The first-order valence-electron chi connectivity index (χ1n) is 10.3. The number of amides is 1. The van der Waals surface area contributed by atoms with Gasteiger partial charge in [-0.25, -0.2) is 4.98 Å². The van der Waals surface area contributed by atoms with Gasteiger partial charge in [-0.1, -0.05) is 12.1 Å². The molecule has 6 nitrogen and oxygen atoms in total. The Labute approximate surface area is 183 Å². The number of imidazole rings is 1. The van der Waals surface area contributed by atoms with Crippen LogP contribution in [-0.4, -0.2) is 47.7 Å². The van der Waals surface area contributed by atoms with Gasteiger partial charge in [-0.15, -0.1) is 0 Å². The molecule has 3 aromatic rings. The molecule has 1 saturated heterocycles. The Morgan fingerprint density at radius 1 is 1.06 bits per heavy atom. The van der Waals surface area contributed by atoms with E-state index in [4.69, 9.17) is 9.47 Å². The van der Waals surface area contributed by atoms with Crippen molar-refractivity contribution in [2.45, 2.75) is 25.6 Å². The van der Waals surface area contributed by atoms with Crippen LogP contribution in [0.4, 0.5) is 13.2 Å². The second-order valence-electron chi connectivity index (χ2n) is 7.87. The van der Waals surface area contributed by atoms with Gasteiger partial charge in [-0.05, 0) is 43.0 Å². The number of likely N-dealkylation sites (tertiary alicyclic amines) is 1. The van der Waals surface area contributed by atoms with E-state index in [2.05, 4.69) is 4.98 Å². The summed E-state index contributed by atoms with van der Waals surface area (Å²) in [6.07, 6.45) is -3.31. The van der Waals surface area contributed by atoms with E-state index < -0.39 is 12.0 Å². The Kier molecular flexibility index (Phi) is 5.99. The Bertz CT molecular complexity index is 1100. The summed E-state index contributed by atoms with van der Waals surface area (Å²) in [6.45, 7) is 1.15. The van der Waals surface area contributed by atoms with E-state index in [-0.39, 0.29) is 18.4 Å². The normalized spacial score (nSPS) is 15.2. The Balaban J connectivity index is 1.48. The molecule has 0 aliphatic carbocycles. The molecule has 0 radical (unpaired) electrons. The van der Waals surface area contributed by atoms with Gasteiger partial charge in [0.15, 0.2) is 0 Å². The molecule has 0 saturated carbocycles. The number of benzene rings is 2. The lowest BCUT2D eigenvalue weighted by Crippen LogP contribution is -2.39. The van der Waals surface area contributed by atoms with Gasteiger partial charge < -0.3 is 18.9 Å². The number of ether oxygens (including phenoxy) is 2. The minimum atomic E-state index is -4.53. The van der Waals surface area contributed by atoms with Crippen LogP contribution in [0.3, 0.4) is 0 Å². The smallest absolute Gasteiger partial charge is 0.449 e. The van der Waals surface area contributed by atoms with E-state index in [1.807, 2.05) is 0 Å². The number of aromatic nitrogens is 2. The average molecular weight is 447 g/mol. The van der Waals surface area contributed by atoms with Crippen molar-refractivity contribution in [1.82, 2.24) is 14.5 Å². The summed E-state index contributed by atoms with van der Waals surface area (Å²) in [4.78, 5) is 18.5. The fourth-order valence-corrected chi connectivity index (χ4v) is 4.17. The molecule has 32 heavy (non-hydrogen) atoms. The highest BCUT2D eigenvalue weighted by molar-refractivity contribution is 5.95. The molecule has 2 heterocycles. The number of nitrogens with zero attached hydrogens (tertiary/aromatic N) is 3. The van der Waals surface area contributed by atoms with Gasteiger partial charge in [-0.3, -0.25) is 4.79 Å². The lowest BCUT2D eigenvalue weighted by Gasteiger charge is -2.32. The van der Waals surface area contributed by atoms with E-state index in [1.54, 1.807) is 47.4 Å². The summed E-state index contributed by atoms with van der Waals surface area (Å²) in [5.74, 6) is 0.0338. The van der Waals surface area contributed by atoms with E-state index in [0.717, 1.165) is 0 Å². The number of halogens is 3. The standard InChI is InChI=1S/C23H24F3N3O3/c1-31-17-11-16(12-18(13-17)32-2)21(30)28-9-7-15(8-10-28)14-29-20-6-4-3-5-19(20)27-22(29)23(24,25)26/h3-6,11-13,15H,7-10,14H2,1-2H3. The highest BCUT2D eigenvalue weighted by Crippen LogP contribution is 2.33. The maximum Gasteiger partial charge on any atom is 0.449 e. The monoisotopic (exact) mass is 447 g/mol. The largest absolute Gasteiger partial charge is 0.497 e. The lowest BCUT2D eigenvalue weighted by molar-refractivity contribution is -0.147. The number of rotatable bonds is 5. The molecule has 1 amide bonds. The molecule has 2 aromatic carbocycles. The molecule has 4 rings (SSSR count). The summed E-state index contributed by atoms with van der Waals surface area (Å²) in [7, 11) is 3.03. The first-order chi connectivity index (χ1) is 15.3. The van der Waals surface area contributed by atoms with E-state index in [0.29, 0.717) is 54.0 Å². The SMILES string of the molecule is COc1cc(OC)cc(C(=O)N2CCC(Cn3c(C(F)(F)F)nc4ccccc43)CC2)c1. The molecule has 1 aliphatic rings. The zero-order valence-corrected chi connectivity index (χ0v) is 17.9. The van der Waals surface area contributed by atoms with Crippen LogP contribution in [0.15, 0.2) is 42.5 Å². The molecule has 0 atom stereocenters. The summed E-state index contributed by atoms with van der Waals surface area (Å²) in [6, 6.07) is 11.6. The van der Waals surface area contributed by atoms with Crippen molar-refractivity contribution >= 4 is 16.9 Å². The fourth-order valence-electron chi connectivity index (χ4n) is 4.17. The van der Waals surface area contributed by atoms with Crippen molar-refractivity contribution in [2.75, 3.05) is 27.3 Å².